The lowest BCUT2D eigenvalue weighted by Crippen LogP contribution is -2.15. The van der Waals surface area contributed by atoms with Crippen molar-refractivity contribution < 1.29 is 38.1 Å². The Labute approximate surface area is 595 Å². The molecule has 0 aliphatic heterocycles. The standard InChI is InChI=1S/C88H158O8/c1-3-85(89)93-79-73-67-63-59-55-51-47-43-39-35-31-27-23-19-15-11-7-5-9-13-17-21-25-29-33-37-41-45-49-53-57-61-65-69-75-81-95-87(91)83-77-71-72-78-84(83)88(92)96-82-76-70-66-62-58-54-50-46-42-38-34-30-26-22-18-14-10-6-8-12-16-20-24-28-32-36-40-44-48-52-56-60-64-68-74-80-94-86(90)4-2/h3-4,71-72,77-78H,1-2,5-70,73-76,79-82H2. The van der Waals surface area contributed by atoms with E-state index < -0.39 is 11.9 Å². The van der Waals surface area contributed by atoms with Crippen molar-refractivity contribution in [3.05, 3.63) is 60.7 Å². The molecule has 0 spiro atoms. The van der Waals surface area contributed by atoms with Crippen LogP contribution in [0.4, 0.5) is 0 Å². The summed E-state index contributed by atoms with van der Waals surface area (Å²) in [5.74, 6) is -1.46. The molecule has 0 heterocycles. The fourth-order valence-electron chi connectivity index (χ4n) is 13.9. The van der Waals surface area contributed by atoms with Crippen molar-refractivity contribution in [3.63, 3.8) is 0 Å². The van der Waals surface area contributed by atoms with E-state index in [1.807, 2.05) is 0 Å². The zero-order valence-corrected chi connectivity index (χ0v) is 63.5. The summed E-state index contributed by atoms with van der Waals surface area (Å²) in [6.45, 7) is 8.71. The molecule has 8 heteroatoms. The van der Waals surface area contributed by atoms with Gasteiger partial charge in [0.2, 0.25) is 0 Å². The van der Waals surface area contributed by atoms with Gasteiger partial charge in [-0.2, -0.15) is 0 Å². The van der Waals surface area contributed by atoms with E-state index in [1.165, 1.54) is 410 Å². The summed E-state index contributed by atoms with van der Waals surface area (Å²) < 4.78 is 21.3. The number of rotatable bonds is 80. The third kappa shape index (κ3) is 67.7. The highest BCUT2D eigenvalue weighted by atomic mass is 16.5. The molecular weight excluding hydrogens is 1180 g/mol. The zero-order chi connectivity index (χ0) is 68.9. The van der Waals surface area contributed by atoms with Gasteiger partial charge >= 0.3 is 23.9 Å². The molecule has 0 saturated carbocycles. The lowest BCUT2D eigenvalue weighted by atomic mass is 10.0. The summed E-state index contributed by atoms with van der Waals surface area (Å²) in [6, 6.07) is 6.94. The smallest absolute Gasteiger partial charge is 0.339 e. The average molecular weight is 1340 g/mol. The molecule has 96 heavy (non-hydrogen) atoms. The number of ether oxygens (including phenoxy) is 4. The van der Waals surface area contributed by atoms with Gasteiger partial charge in [-0.3, -0.25) is 0 Å². The number of benzene rings is 1. The van der Waals surface area contributed by atoms with Crippen LogP contribution < -0.4 is 0 Å². The maximum Gasteiger partial charge on any atom is 0.339 e. The summed E-state index contributed by atoms with van der Waals surface area (Å²) in [7, 11) is 0. The topological polar surface area (TPSA) is 105 Å². The van der Waals surface area contributed by atoms with Crippen molar-refractivity contribution in [2.45, 2.75) is 449 Å². The lowest BCUT2D eigenvalue weighted by Gasteiger charge is -2.10. The highest BCUT2D eigenvalue weighted by Gasteiger charge is 2.19. The molecule has 0 amide bonds. The summed E-state index contributed by atoms with van der Waals surface area (Å²) in [5, 5.41) is 0. The van der Waals surface area contributed by atoms with Crippen LogP contribution in [-0.4, -0.2) is 50.3 Å². The minimum absolute atomic E-state index is 0.303. The van der Waals surface area contributed by atoms with Crippen molar-refractivity contribution in [1.82, 2.24) is 0 Å². The molecule has 0 aliphatic rings. The van der Waals surface area contributed by atoms with E-state index in [2.05, 4.69) is 13.2 Å². The maximum absolute atomic E-state index is 13.0. The molecule has 0 N–H and O–H groups in total. The molecule has 0 aromatic heterocycles. The number of hydrogen-bond donors (Lipinski definition) is 0. The van der Waals surface area contributed by atoms with E-state index >= 15 is 0 Å². The Morgan fingerprint density at radius 2 is 0.312 bits per heavy atom. The van der Waals surface area contributed by atoms with Crippen LogP contribution in [0, 0.1) is 0 Å². The Kier molecular flexibility index (Phi) is 73.0. The first kappa shape index (κ1) is 90.6. The molecule has 0 radical (unpaired) electrons. The van der Waals surface area contributed by atoms with Crippen LogP contribution in [0.15, 0.2) is 49.6 Å². The van der Waals surface area contributed by atoms with Gasteiger partial charge in [0.25, 0.3) is 0 Å². The maximum atomic E-state index is 13.0. The predicted octanol–water partition coefficient (Wildman–Crippen LogP) is 28.8. The van der Waals surface area contributed by atoms with E-state index in [9.17, 15) is 19.2 Å². The second kappa shape index (κ2) is 77.3. The summed E-state index contributed by atoms with van der Waals surface area (Å²) in [4.78, 5) is 48.0. The van der Waals surface area contributed by atoms with Gasteiger partial charge in [-0.05, 0) is 37.8 Å². The van der Waals surface area contributed by atoms with Crippen LogP contribution in [0.1, 0.15) is 470 Å². The molecule has 1 aromatic carbocycles. The number of hydrogen-bond acceptors (Lipinski definition) is 8. The van der Waals surface area contributed by atoms with Crippen LogP contribution in [-0.2, 0) is 28.5 Å². The minimum Gasteiger partial charge on any atom is -0.463 e. The van der Waals surface area contributed by atoms with Crippen molar-refractivity contribution in [3.8, 4) is 0 Å². The number of carbonyl (C=O) groups excluding carboxylic acids is 4. The predicted molar refractivity (Wildman–Crippen MR) is 413 cm³/mol. The summed E-state index contributed by atoms with van der Waals surface area (Å²) >= 11 is 0. The van der Waals surface area contributed by atoms with Crippen molar-refractivity contribution in [1.29, 1.82) is 0 Å². The molecule has 0 bridgehead atoms. The van der Waals surface area contributed by atoms with Gasteiger partial charge < -0.3 is 18.9 Å². The number of unbranched alkanes of at least 4 members (excludes halogenated alkanes) is 68. The molecule has 0 fully saturated rings. The number of carbonyl (C=O) groups is 4. The van der Waals surface area contributed by atoms with E-state index in [1.54, 1.807) is 24.3 Å². The van der Waals surface area contributed by atoms with Crippen LogP contribution in [0.25, 0.3) is 0 Å². The second-order valence-corrected chi connectivity index (χ2v) is 29.3. The quantitative estimate of drug-likeness (QED) is 0.0275. The molecule has 1 rings (SSSR count). The van der Waals surface area contributed by atoms with Gasteiger partial charge in [0.1, 0.15) is 0 Å². The summed E-state index contributed by atoms with van der Waals surface area (Å²) in [5.41, 5.74) is 0.622. The van der Waals surface area contributed by atoms with Gasteiger partial charge in [0, 0.05) is 12.2 Å². The largest absolute Gasteiger partial charge is 0.463 e. The van der Waals surface area contributed by atoms with Crippen molar-refractivity contribution >= 4 is 23.9 Å². The van der Waals surface area contributed by atoms with Gasteiger partial charge in [-0.1, -0.05) is 449 Å². The molecule has 8 nitrogen and oxygen atoms in total. The second-order valence-electron chi connectivity index (χ2n) is 29.3. The lowest BCUT2D eigenvalue weighted by molar-refractivity contribution is -0.138. The Morgan fingerprint density at radius 1 is 0.198 bits per heavy atom. The first-order valence-electron chi connectivity index (χ1n) is 42.5. The zero-order valence-electron chi connectivity index (χ0n) is 63.5. The highest BCUT2D eigenvalue weighted by Crippen LogP contribution is 2.22. The van der Waals surface area contributed by atoms with Crippen LogP contribution in [0.5, 0.6) is 0 Å². The van der Waals surface area contributed by atoms with E-state index in [0.717, 1.165) is 51.4 Å². The van der Waals surface area contributed by atoms with E-state index in [0.29, 0.717) is 37.6 Å². The first-order chi connectivity index (χ1) is 47.5. The Bertz CT molecular complexity index is 1700. The molecule has 0 unspecified atom stereocenters. The fraction of sp³-hybridized carbons (Fsp3) is 0.841. The third-order valence-corrected chi connectivity index (χ3v) is 20.2. The minimum atomic E-state index is -0.425. The average Bonchev–Trinajstić information content (AvgIpc) is 0.915. The molecule has 0 aliphatic carbocycles. The first-order valence-corrected chi connectivity index (χ1v) is 42.5. The van der Waals surface area contributed by atoms with Gasteiger partial charge in [0.15, 0.2) is 0 Å². The number of esters is 4. The van der Waals surface area contributed by atoms with E-state index in [4.69, 9.17) is 18.9 Å². The highest BCUT2D eigenvalue weighted by molar-refractivity contribution is 6.03. The van der Waals surface area contributed by atoms with Crippen LogP contribution in [0.3, 0.4) is 0 Å². The SMILES string of the molecule is C=CC(=O)OCCCCCCCCCCCCCCCCCCCCCCCCCCCCCCCCCCCCCOC(=O)c1ccccc1C(=O)OCCCCCCCCCCCCCCCCCCCCCCCCCCCCCCCCCCCCCOC(=O)C=C. The van der Waals surface area contributed by atoms with Crippen molar-refractivity contribution in [2.24, 2.45) is 0 Å². The molecule has 0 atom stereocenters. The Hall–Kier alpha value is -3.42. The molecule has 0 saturated heterocycles. The molecule has 1 aromatic rings. The van der Waals surface area contributed by atoms with Crippen LogP contribution in [0.2, 0.25) is 0 Å². The van der Waals surface area contributed by atoms with E-state index in [-0.39, 0.29) is 11.9 Å². The van der Waals surface area contributed by atoms with Crippen LogP contribution >= 0.6 is 0 Å². The monoisotopic (exact) mass is 1340 g/mol. The fourth-order valence-corrected chi connectivity index (χ4v) is 13.9. The normalized spacial score (nSPS) is 11.3. The Balaban J connectivity index is 1.77. The Morgan fingerprint density at radius 3 is 0.438 bits per heavy atom. The van der Waals surface area contributed by atoms with Gasteiger partial charge in [0.05, 0.1) is 37.6 Å². The van der Waals surface area contributed by atoms with Gasteiger partial charge in [-0.15, -0.1) is 0 Å². The molecular formula is C88H158O8. The van der Waals surface area contributed by atoms with Crippen molar-refractivity contribution in [2.75, 3.05) is 26.4 Å². The third-order valence-electron chi connectivity index (χ3n) is 20.2. The van der Waals surface area contributed by atoms with Gasteiger partial charge in [-0.25, -0.2) is 19.2 Å². The summed E-state index contributed by atoms with van der Waals surface area (Å²) in [6.07, 6.45) is 96.9. The molecule has 558 valence electrons.